The molecule has 0 aromatic carbocycles. The van der Waals surface area contributed by atoms with Crippen LogP contribution >= 0.6 is 11.3 Å². The summed E-state index contributed by atoms with van der Waals surface area (Å²) in [5.74, 6) is 1.45. The average molecular weight is 527 g/mol. The maximum Gasteiger partial charge on any atom is 0.158 e. The smallest absolute Gasteiger partial charge is 0.158 e. The summed E-state index contributed by atoms with van der Waals surface area (Å²) in [6.07, 6.45) is 8.18. The number of nitrogens with one attached hydrogen (secondary N) is 1. The zero-order valence-corrected chi connectivity index (χ0v) is 23.0. The van der Waals surface area contributed by atoms with Crippen LogP contribution in [0.25, 0.3) is 27.3 Å². The molecule has 0 spiro atoms. The highest BCUT2D eigenvalue weighted by molar-refractivity contribution is 7.91. The van der Waals surface area contributed by atoms with Crippen molar-refractivity contribution in [1.82, 2.24) is 29.5 Å². The highest BCUT2D eigenvalue weighted by Gasteiger charge is 2.32. The monoisotopic (exact) mass is 526 g/mol. The minimum atomic E-state index is -2.83. The first-order valence-electron chi connectivity index (χ1n) is 13.0. The molecule has 10 heteroatoms. The number of rotatable bonds is 4. The van der Waals surface area contributed by atoms with Crippen LogP contribution in [0.5, 0.6) is 0 Å². The van der Waals surface area contributed by atoms with E-state index >= 15 is 0 Å². The third-order valence-electron chi connectivity index (χ3n) is 8.32. The fraction of sp³-hybridized carbons (Fsp3) is 0.577. The molecule has 1 N–H and O–H groups in total. The molecule has 2 aliphatic rings. The number of hydrogen-bond donors (Lipinski definition) is 1. The van der Waals surface area contributed by atoms with Crippen molar-refractivity contribution in [2.75, 3.05) is 24.6 Å². The molecule has 0 unspecified atom stereocenters. The molecule has 2 fully saturated rings. The van der Waals surface area contributed by atoms with Crippen molar-refractivity contribution >= 4 is 37.2 Å². The van der Waals surface area contributed by atoms with Crippen molar-refractivity contribution in [2.24, 2.45) is 0 Å². The molecule has 0 radical (unpaired) electrons. The van der Waals surface area contributed by atoms with E-state index in [0.29, 0.717) is 42.5 Å². The average Bonchev–Trinajstić information content (AvgIpc) is 3.56. The predicted molar refractivity (Wildman–Crippen MR) is 145 cm³/mol. The molecule has 5 heterocycles. The quantitative estimate of drug-likeness (QED) is 0.409. The summed E-state index contributed by atoms with van der Waals surface area (Å²) in [5, 5.41) is 5.63. The minimum Gasteiger partial charge on any atom is -0.345 e. The van der Waals surface area contributed by atoms with Gasteiger partial charge in [0, 0.05) is 42.4 Å². The van der Waals surface area contributed by atoms with Gasteiger partial charge in [-0.1, -0.05) is 13.8 Å². The first kappa shape index (κ1) is 24.1. The zero-order chi connectivity index (χ0) is 25.2. The summed E-state index contributed by atoms with van der Waals surface area (Å²) in [5.41, 5.74) is 7.96. The minimum absolute atomic E-state index is 0.313. The maximum atomic E-state index is 11.8. The lowest BCUT2D eigenvalue weighted by Gasteiger charge is -2.38. The molecule has 0 bridgehead atoms. The molecule has 4 aromatic rings. The van der Waals surface area contributed by atoms with Crippen LogP contribution in [0, 0.1) is 13.8 Å². The Kier molecular flexibility index (Phi) is 5.96. The molecule has 1 aliphatic heterocycles. The third kappa shape index (κ3) is 4.07. The lowest BCUT2D eigenvalue weighted by atomic mass is 9.85. The number of pyridine rings is 1. The van der Waals surface area contributed by atoms with Crippen molar-refractivity contribution in [2.45, 2.75) is 71.3 Å². The normalized spacial score (nSPS) is 23.2. The van der Waals surface area contributed by atoms with E-state index in [1.165, 1.54) is 16.1 Å². The molecular weight excluding hydrogens is 492 g/mol. The molecule has 1 aliphatic carbocycles. The van der Waals surface area contributed by atoms with Gasteiger partial charge >= 0.3 is 0 Å². The van der Waals surface area contributed by atoms with Crippen LogP contribution in [0.1, 0.15) is 73.1 Å². The molecule has 192 valence electrons. The van der Waals surface area contributed by atoms with Crippen molar-refractivity contribution < 1.29 is 8.42 Å². The van der Waals surface area contributed by atoms with Gasteiger partial charge in [-0.05, 0) is 56.6 Å². The van der Waals surface area contributed by atoms with Gasteiger partial charge in [0.2, 0.25) is 0 Å². The Balaban J connectivity index is 1.27. The summed E-state index contributed by atoms with van der Waals surface area (Å²) in [6.45, 7) is 10.1. The molecule has 1 saturated carbocycles. The fourth-order valence-electron chi connectivity index (χ4n) is 6.09. The number of aromatic nitrogens is 5. The highest BCUT2D eigenvalue weighted by atomic mass is 32.2. The standard InChI is InChI=1S/C26H34N6O2S2/c1-15(2)21-22(20-13-32-24(27-14-28-32)17(4)16(20)3)29-26-23(21)30-25(35-26)18-5-7-19(8-6-18)31-9-11-36(33,34)12-10-31/h13-15,18-19,29H,5-12H2,1-4H3. The molecular formula is C26H34N6O2S2. The van der Waals surface area contributed by atoms with Crippen molar-refractivity contribution in [3.8, 4) is 11.3 Å². The van der Waals surface area contributed by atoms with Gasteiger partial charge in [0.05, 0.1) is 22.2 Å². The van der Waals surface area contributed by atoms with E-state index in [1.54, 1.807) is 6.33 Å². The number of H-pyrrole nitrogens is 1. The van der Waals surface area contributed by atoms with Gasteiger partial charge in [0.15, 0.2) is 15.5 Å². The van der Waals surface area contributed by atoms with Gasteiger partial charge in [-0.25, -0.2) is 22.9 Å². The summed E-state index contributed by atoms with van der Waals surface area (Å²) in [6, 6.07) is 0.511. The van der Waals surface area contributed by atoms with E-state index < -0.39 is 9.84 Å². The van der Waals surface area contributed by atoms with Gasteiger partial charge in [-0.15, -0.1) is 11.3 Å². The number of nitrogens with zero attached hydrogens (tertiary/aromatic N) is 5. The zero-order valence-electron chi connectivity index (χ0n) is 21.4. The SMILES string of the molecule is Cc1c(-c2[nH]c3sc(C4CCC(N5CCS(=O)(=O)CC5)CC4)nc3c2C(C)C)cn2ncnc2c1C. The van der Waals surface area contributed by atoms with E-state index in [4.69, 9.17) is 4.98 Å². The molecule has 4 aromatic heterocycles. The van der Waals surface area contributed by atoms with E-state index in [1.807, 2.05) is 15.9 Å². The Morgan fingerprint density at radius 1 is 1.08 bits per heavy atom. The molecule has 36 heavy (non-hydrogen) atoms. The van der Waals surface area contributed by atoms with Crippen LogP contribution in [0.4, 0.5) is 0 Å². The second kappa shape index (κ2) is 8.92. The third-order valence-corrected chi connectivity index (χ3v) is 11.1. The number of thiazole rings is 1. The lowest BCUT2D eigenvalue weighted by molar-refractivity contribution is 0.160. The first-order valence-corrected chi connectivity index (χ1v) is 15.6. The van der Waals surface area contributed by atoms with Gasteiger partial charge < -0.3 is 4.98 Å². The predicted octanol–water partition coefficient (Wildman–Crippen LogP) is 4.83. The second-order valence-electron chi connectivity index (χ2n) is 10.8. The molecule has 6 rings (SSSR count). The Morgan fingerprint density at radius 2 is 1.81 bits per heavy atom. The summed E-state index contributed by atoms with van der Waals surface area (Å²) in [4.78, 5) is 16.9. The van der Waals surface area contributed by atoms with Gasteiger partial charge in [0.1, 0.15) is 16.7 Å². The number of hydrogen-bond acceptors (Lipinski definition) is 7. The Hall–Kier alpha value is -2.30. The van der Waals surface area contributed by atoms with Crippen LogP contribution in [0.2, 0.25) is 0 Å². The Labute approximate surface area is 216 Å². The molecule has 1 saturated heterocycles. The second-order valence-corrected chi connectivity index (χ2v) is 14.1. The van der Waals surface area contributed by atoms with E-state index in [-0.39, 0.29) is 0 Å². The first-order chi connectivity index (χ1) is 17.2. The Bertz CT molecular complexity index is 1530. The molecule has 8 nitrogen and oxygen atoms in total. The van der Waals surface area contributed by atoms with Crippen LogP contribution in [0.3, 0.4) is 0 Å². The van der Waals surface area contributed by atoms with Gasteiger partial charge in [-0.3, -0.25) is 4.90 Å². The molecule has 0 atom stereocenters. The van der Waals surface area contributed by atoms with Crippen LogP contribution < -0.4 is 0 Å². The Morgan fingerprint density at radius 3 is 2.50 bits per heavy atom. The number of fused-ring (bicyclic) bond motifs is 2. The van der Waals surface area contributed by atoms with Crippen LogP contribution in [-0.2, 0) is 9.84 Å². The molecule has 0 amide bonds. The summed E-state index contributed by atoms with van der Waals surface area (Å²) in [7, 11) is -2.83. The summed E-state index contributed by atoms with van der Waals surface area (Å²) >= 11 is 1.81. The van der Waals surface area contributed by atoms with Crippen LogP contribution in [-0.4, -0.2) is 68.5 Å². The van der Waals surface area contributed by atoms with Gasteiger partial charge in [0.25, 0.3) is 0 Å². The van der Waals surface area contributed by atoms with Gasteiger partial charge in [-0.2, -0.15) is 5.10 Å². The van der Waals surface area contributed by atoms with Crippen molar-refractivity contribution in [1.29, 1.82) is 0 Å². The topological polar surface area (TPSA) is 96.2 Å². The van der Waals surface area contributed by atoms with E-state index in [2.05, 4.69) is 53.9 Å². The van der Waals surface area contributed by atoms with E-state index in [0.717, 1.165) is 58.5 Å². The maximum absolute atomic E-state index is 11.8. The van der Waals surface area contributed by atoms with Crippen LogP contribution in [0.15, 0.2) is 12.5 Å². The van der Waals surface area contributed by atoms with Crippen molar-refractivity contribution in [3.05, 3.63) is 34.2 Å². The highest BCUT2D eigenvalue weighted by Crippen LogP contribution is 2.43. The lowest BCUT2D eigenvalue weighted by Crippen LogP contribution is -2.47. The number of aryl methyl sites for hydroxylation is 1. The number of aromatic amines is 1. The fourth-order valence-corrected chi connectivity index (χ4v) is 8.47. The summed E-state index contributed by atoms with van der Waals surface area (Å²) < 4.78 is 25.5. The largest absolute Gasteiger partial charge is 0.345 e. The number of sulfone groups is 1. The van der Waals surface area contributed by atoms with Crippen molar-refractivity contribution in [3.63, 3.8) is 0 Å². The van der Waals surface area contributed by atoms with E-state index in [9.17, 15) is 8.42 Å².